The van der Waals surface area contributed by atoms with Gasteiger partial charge < -0.3 is 19.7 Å². The Labute approximate surface area is 254 Å². The molecule has 2 amide bonds. The van der Waals surface area contributed by atoms with Crippen LogP contribution in [0, 0.1) is 11.7 Å². The van der Waals surface area contributed by atoms with Gasteiger partial charge in [0.25, 0.3) is 0 Å². The minimum atomic E-state index is -0.616. The van der Waals surface area contributed by atoms with Crippen molar-refractivity contribution in [2.45, 2.75) is 45.1 Å². The smallest absolute Gasteiger partial charge is 0.309 e. The Bertz CT molecular complexity index is 1610. The number of hydrogen-bond donors (Lipinski definition) is 1. The van der Waals surface area contributed by atoms with Crippen molar-refractivity contribution in [1.29, 1.82) is 0 Å². The molecule has 0 unspecified atom stereocenters. The van der Waals surface area contributed by atoms with Crippen molar-refractivity contribution in [2.24, 2.45) is 5.92 Å². The third-order valence-corrected chi connectivity index (χ3v) is 8.38. The number of carbonyl (C=O) groups excluding carboxylic acids is 3. The highest BCUT2D eigenvalue weighted by atomic mass is 35.5. The summed E-state index contributed by atoms with van der Waals surface area (Å²) in [5.41, 5.74) is 4.33. The van der Waals surface area contributed by atoms with Crippen molar-refractivity contribution in [1.82, 2.24) is 9.88 Å². The molecule has 2 aliphatic rings. The van der Waals surface area contributed by atoms with Crippen LogP contribution in [-0.4, -0.2) is 48.4 Å². The molecule has 2 aromatic carbocycles. The lowest BCUT2D eigenvalue weighted by atomic mass is 9.92. The summed E-state index contributed by atoms with van der Waals surface area (Å²) in [5, 5.41) is 3.02. The van der Waals surface area contributed by atoms with Gasteiger partial charge in [-0.2, -0.15) is 0 Å². The van der Waals surface area contributed by atoms with Crippen molar-refractivity contribution in [3.8, 4) is 16.9 Å². The van der Waals surface area contributed by atoms with Crippen LogP contribution in [0.25, 0.3) is 16.7 Å². The second-order valence-corrected chi connectivity index (χ2v) is 11.2. The van der Waals surface area contributed by atoms with E-state index in [0.29, 0.717) is 54.8 Å². The van der Waals surface area contributed by atoms with Crippen LogP contribution >= 0.6 is 11.6 Å². The highest BCUT2D eigenvalue weighted by Gasteiger charge is 2.31. The molecule has 1 N–H and O–H groups in total. The molecule has 0 saturated carbocycles. The van der Waals surface area contributed by atoms with Gasteiger partial charge in [-0.3, -0.25) is 19.4 Å². The zero-order chi connectivity index (χ0) is 30.7. The van der Waals surface area contributed by atoms with Gasteiger partial charge in [-0.1, -0.05) is 37.1 Å². The van der Waals surface area contributed by atoms with Gasteiger partial charge in [0, 0.05) is 36.0 Å². The number of amides is 2. The first-order valence-corrected chi connectivity index (χ1v) is 14.6. The maximum absolute atomic E-state index is 15.1. The number of anilines is 1. The molecule has 2 atom stereocenters. The Morgan fingerprint density at radius 3 is 2.70 bits per heavy atom. The Balaban J connectivity index is 1.52. The van der Waals surface area contributed by atoms with Crippen LogP contribution in [0.2, 0.25) is 5.02 Å². The Morgan fingerprint density at radius 2 is 1.95 bits per heavy atom. The first-order valence-electron chi connectivity index (χ1n) is 14.2. The number of nitrogens with one attached hydrogen (secondary N) is 1. The first kappa shape index (κ1) is 30.2. The Morgan fingerprint density at radius 1 is 1.14 bits per heavy atom. The number of benzene rings is 2. The summed E-state index contributed by atoms with van der Waals surface area (Å²) in [7, 11) is 2.79. The number of halogens is 2. The van der Waals surface area contributed by atoms with Gasteiger partial charge in [-0.05, 0) is 66.3 Å². The van der Waals surface area contributed by atoms with E-state index in [1.807, 2.05) is 31.2 Å². The van der Waals surface area contributed by atoms with Crippen molar-refractivity contribution in [3.05, 3.63) is 82.4 Å². The number of ether oxygens (including phenoxy) is 2. The van der Waals surface area contributed by atoms with Gasteiger partial charge >= 0.3 is 5.97 Å². The lowest BCUT2D eigenvalue weighted by Gasteiger charge is -2.35. The minimum absolute atomic E-state index is 0.0391. The zero-order valence-corrected chi connectivity index (χ0v) is 25.0. The highest BCUT2D eigenvalue weighted by Crippen LogP contribution is 2.39. The molecule has 3 aromatic rings. The van der Waals surface area contributed by atoms with E-state index in [2.05, 4.69) is 10.3 Å². The molecule has 0 fully saturated rings. The average molecular weight is 606 g/mol. The van der Waals surface area contributed by atoms with E-state index >= 15 is 4.39 Å². The monoisotopic (exact) mass is 605 g/mol. The lowest BCUT2D eigenvalue weighted by Crippen LogP contribution is -2.38. The van der Waals surface area contributed by atoms with Crippen molar-refractivity contribution in [2.75, 3.05) is 26.1 Å². The normalized spacial score (nSPS) is 18.9. The number of fused-ring (bicyclic) bond motifs is 4. The summed E-state index contributed by atoms with van der Waals surface area (Å²) >= 11 is 6.06. The van der Waals surface area contributed by atoms with Gasteiger partial charge in [0.05, 0.1) is 43.0 Å². The van der Waals surface area contributed by atoms with Gasteiger partial charge in [0.1, 0.15) is 5.75 Å². The molecule has 5 rings (SSSR count). The maximum Gasteiger partial charge on any atom is 0.309 e. The predicted molar refractivity (Wildman–Crippen MR) is 162 cm³/mol. The molecule has 0 saturated heterocycles. The maximum atomic E-state index is 15.1. The van der Waals surface area contributed by atoms with Gasteiger partial charge in [-0.15, -0.1) is 0 Å². The summed E-state index contributed by atoms with van der Waals surface area (Å²) in [4.78, 5) is 45.2. The predicted octanol–water partition coefficient (Wildman–Crippen LogP) is 6.38. The fourth-order valence-electron chi connectivity index (χ4n) is 5.73. The van der Waals surface area contributed by atoms with E-state index in [1.165, 1.54) is 26.4 Å². The van der Waals surface area contributed by atoms with E-state index in [4.69, 9.17) is 21.1 Å². The molecule has 1 aromatic heterocycles. The fourth-order valence-corrected chi connectivity index (χ4v) is 5.88. The highest BCUT2D eigenvalue weighted by molar-refractivity contribution is 6.31. The molecule has 2 aliphatic heterocycles. The summed E-state index contributed by atoms with van der Waals surface area (Å²) in [5.74, 6) is -1.34. The molecular weight excluding hydrogens is 573 g/mol. The number of methoxy groups -OCH3 is 2. The topological polar surface area (TPSA) is 97.8 Å². The number of esters is 1. The van der Waals surface area contributed by atoms with E-state index in [1.54, 1.807) is 23.2 Å². The summed E-state index contributed by atoms with van der Waals surface area (Å²) in [6.07, 6.45) is 5.51. The summed E-state index contributed by atoms with van der Waals surface area (Å²) < 4.78 is 25.2. The molecule has 0 radical (unpaired) electrons. The summed E-state index contributed by atoms with van der Waals surface area (Å²) in [6.45, 7) is 2.22. The van der Waals surface area contributed by atoms with Crippen molar-refractivity contribution >= 4 is 40.6 Å². The largest absolute Gasteiger partial charge is 0.496 e. The summed E-state index contributed by atoms with van der Waals surface area (Å²) in [6, 6.07) is 12.0. The first-order chi connectivity index (χ1) is 20.7. The fraction of sp³-hybridized carbons (Fsp3) is 0.333. The van der Waals surface area contributed by atoms with Gasteiger partial charge in [-0.25, -0.2) is 4.39 Å². The van der Waals surface area contributed by atoms with Crippen LogP contribution in [0.4, 0.5) is 10.1 Å². The van der Waals surface area contributed by atoms with Crippen molar-refractivity contribution < 1.29 is 28.2 Å². The second-order valence-electron chi connectivity index (χ2n) is 10.8. The molecule has 3 heterocycles. The SMILES string of the molecule is COC(=O)Cc1ccc2c(c1)NC(=O)[C@H](C)CCC[C@H](N1CCC(c3c(OC)ccc(Cl)c3F)=CC1=O)c1cc-2ccn1. The van der Waals surface area contributed by atoms with Crippen LogP contribution in [0.15, 0.2) is 54.7 Å². The Kier molecular flexibility index (Phi) is 9.11. The third kappa shape index (κ3) is 6.41. The van der Waals surface area contributed by atoms with Gasteiger partial charge in [0.15, 0.2) is 5.82 Å². The van der Waals surface area contributed by atoms with Gasteiger partial charge in [0.2, 0.25) is 11.8 Å². The van der Waals surface area contributed by atoms with Crippen LogP contribution in [0.1, 0.15) is 55.5 Å². The third-order valence-electron chi connectivity index (χ3n) is 8.09. The second kappa shape index (κ2) is 13.0. The number of hydrogen-bond acceptors (Lipinski definition) is 6. The van der Waals surface area contributed by atoms with E-state index in [-0.39, 0.29) is 46.8 Å². The number of carbonyl (C=O) groups is 3. The number of rotatable bonds is 5. The quantitative estimate of drug-likeness (QED) is 0.339. The zero-order valence-electron chi connectivity index (χ0n) is 24.3. The molecule has 0 aliphatic carbocycles. The lowest BCUT2D eigenvalue weighted by molar-refractivity contribution is -0.139. The molecule has 43 heavy (non-hydrogen) atoms. The van der Waals surface area contributed by atoms with Crippen LogP contribution in [-0.2, 0) is 25.5 Å². The minimum Gasteiger partial charge on any atom is -0.496 e. The van der Waals surface area contributed by atoms with E-state index in [9.17, 15) is 14.4 Å². The molecular formula is C33H33ClFN3O5. The van der Waals surface area contributed by atoms with E-state index < -0.39 is 5.82 Å². The molecule has 2 bridgehead atoms. The number of aromatic nitrogens is 1. The van der Waals surface area contributed by atoms with E-state index in [0.717, 1.165) is 16.8 Å². The van der Waals surface area contributed by atoms with Crippen LogP contribution < -0.4 is 10.1 Å². The standard InChI is InChI=1S/C33H33ClFN3O5/c1-19-5-4-6-27(38-14-12-22(18-29(38)39)31-28(42-2)10-9-24(34)32(31)35)26-17-21(11-13-36-26)23-8-7-20(16-30(40)43-3)15-25(23)37-33(19)41/h7-11,13,15,17-19,27H,4-6,12,14,16H2,1-3H3,(H,37,41)/t19-,27+/m1/s1. The van der Waals surface area contributed by atoms with Crippen molar-refractivity contribution in [3.63, 3.8) is 0 Å². The van der Waals surface area contributed by atoms with Crippen LogP contribution in [0.5, 0.6) is 5.75 Å². The molecule has 10 heteroatoms. The van der Waals surface area contributed by atoms with Crippen LogP contribution in [0.3, 0.4) is 0 Å². The molecule has 8 nitrogen and oxygen atoms in total. The Hall–Kier alpha value is -4.24. The average Bonchev–Trinajstić information content (AvgIpc) is 3.00. The molecule has 0 spiro atoms. The molecule has 224 valence electrons. The number of nitrogens with zero attached hydrogens (tertiary/aromatic N) is 2. The number of pyridine rings is 1.